The number of piperazine rings is 1. The van der Waals surface area contributed by atoms with Crippen molar-refractivity contribution in [3.63, 3.8) is 0 Å². The van der Waals surface area contributed by atoms with E-state index in [1.54, 1.807) is 6.07 Å². The minimum atomic E-state index is 0.139. The first-order chi connectivity index (χ1) is 9.34. The first kappa shape index (κ1) is 15.9. The Morgan fingerprint density at radius 2 is 1.90 bits per heavy atom. The van der Waals surface area contributed by atoms with Crippen LogP contribution < -0.4 is 10.2 Å². The van der Waals surface area contributed by atoms with Gasteiger partial charge in [0.25, 0.3) is 0 Å². The maximum Gasteiger partial charge on any atom is 0.0441 e. The predicted molar refractivity (Wildman–Crippen MR) is 89.1 cm³/mol. The van der Waals surface area contributed by atoms with E-state index in [0.717, 1.165) is 25.2 Å². The van der Waals surface area contributed by atoms with Gasteiger partial charge in [0, 0.05) is 40.4 Å². The molecule has 20 heavy (non-hydrogen) atoms. The van der Waals surface area contributed by atoms with E-state index >= 15 is 0 Å². The zero-order valence-electron chi connectivity index (χ0n) is 12.7. The predicted octanol–water partition coefficient (Wildman–Crippen LogP) is 4.60. The fraction of sp³-hybridized carbons (Fsp3) is 0.625. The van der Waals surface area contributed by atoms with Gasteiger partial charge in [0.15, 0.2) is 0 Å². The fourth-order valence-corrected chi connectivity index (χ4v) is 3.35. The molecule has 1 saturated heterocycles. The zero-order chi connectivity index (χ0) is 14.9. The van der Waals surface area contributed by atoms with E-state index in [-0.39, 0.29) is 5.54 Å². The molecule has 1 aliphatic heterocycles. The van der Waals surface area contributed by atoms with Gasteiger partial charge in [0.1, 0.15) is 0 Å². The van der Waals surface area contributed by atoms with Crippen LogP contribution in [0.3, 0.4) is 0 Å². The highest BCUT2D eigenvalue weighted by molar-refractivity contribution is 6.35. The summed E-state index contributed by atoms with van der Waals surface area (Å²) in [6.07, 6.45) is 1.10. The number of hydrogen-bond donors (Lipinski definition) is 1. The van der Waals surface area contributed by atoms with E-state index in [1.807, 2.05) is 12.1 Å². The van der Waals surface area contributed by atoms with E-state index in [0.29, 0.717) is 22.0 Å². The number of nitrogens with one attached hydrogen (secondary N) is 1. The Balaban J connectivity index is 2.36. The molecule has 2 atom stereocenters. The lowest BCUT2D eigenvalue weighted by atomic mass is 9.89. The summed E-state index contributed by atoms with van der Waals surface area (Å²) in [5.74, 6) is 0.571. The molecular weight excluding hydrogens is 291 g/mol. The van der Waals surface area contributed by atoms with Gasteiger partial charge in [-0.05, 0) is 37.5 Å². The lowest BCUT2D eigenvalue weighted by molar-refractivity contribution is 0.253. The molecule has 0 amide bonds. The highest BCUT2D eigenvalue weighted by Crippen LogP contribution is 2.32. The van der Waals surface area contributed by atoms with Crippen LogP contribution in [0, 0.1) is 5.92 Å². The number of nitrogens with zero attached hydrogens (tertiary/aromatic N) is 1. The van der Waals surface area contributed by atoms with Crippen molar-refractivity contribution in [3.05, 3.63) is 28.2 Å². The van der Waals surface area contributed by atoms with Crippen LogP contribution in [-0.2, 0) is 0 Å². The number of benzene rings is 1. The van der Waals surface area contributed by atoms with Crippen molar-refractivity contribution in [2.75, 3.05) is 18.0 Å². The van der Waals surface area contributed by atoms with E-state index in [9.17, 15) is 0 Å². The van der Waals surface area contributed by atoms with Crippen molar-refractivity contribution in [3.8, 4) is 0 Å². The third-order valence-electron chi connectivity index (χ3n) is 4.39. The Bertz CT molecular complexity index is 455. The van der Waals surface area contributed by atoms with E-state index in [1.165, 1.54) is 0 Å². The molecule has 2 unspecified atom stereocenters. The average Bonchev–Trinajstić information content (AvgIpc) is 2.37. The summed E-state index contributed by atoms with van der Waals surface area (Å²) in [5.41, 5.74) is 1.27. The first-order valence-corrected chi connectivity index (χ1v) is 8.08. The fourth-order valence-electron chi connectivity index (χ4n) is 2.83. The minimum absolute atomic E-state index is 0.139. The first-order valence-electron chi connectivity index (χ1n) is 7.32. The summed E-state index contributed by atoms with van der Waals surface area (Å²) >= 11 is 12.3. The van der Waals surface area contributed by atoms with Gasteiger partial charge < -0.3 is 10.2 Å². The molecule has 2 nitrogen and oxygen atoms in total. The summed E-state index contributed by atoms with van der Waals surface area (Å²) < 4.78 is 0. The van der Waals surface area contributed by atoms with Crippen molar-refractivity contribution in [2.24, 2.45) is 5.92 Å². The van der Waals surface area contributed by atoms with Gasteiger partial charge in [-0.15, -0.1) is 0 Å². The smallest absolute Gasteiger partial charge is 0.0441 e. The SMILES string of the molecule is CCC1(C)CN(c2cc(Cl)cc(Cl)c2)C(C(C)C)CN1. The van der Waals surface area contributed by atoms with Crippen LogP contribution in [0.4, 0.5) is 5.69 Å². The maximum atomic E-state index is 6.17. The summed E-state index contributed by atoms with van der Waals surface area (Å²) in [5, 5.41) is 5.10. The van der Waals surface area contributed by atoms with Crippen LogP contribution >= 0.6 is 23.2 Å². The normalized spacial score (nSPS) is 27.1. The third-order valence-corrected chi connectivity index (χ3v) is 4.82. The molecule has 1 heterocycles. The second-order valence-corrected chi connectivity index (χ2v) is 7.23. The Hall–Kier alpha value is -0.440. The van der Waals surface area contributed by atoms with Gasteiger partial charge in [-0.25, -0.2) is 0 Å². The zero-order valence-corrected chi connectivity index (χ0v) is 14.2. The number of anilines is 1. The molecule has 0 radical (unpaired) electrons. The van der Waals surface area contributed by atoms with Crippen molar-refractivity contribution in [1.29, 1.82) is 0 Å². The lowest BCUT2D eigenvalue weighted by Crippen LogP contribution is -2.64. The highest BCUT2D eigenvalue weighted by Gasteiger charge is 2.36. The lowest BCUT2D eigenvalue weighted by Gasteiger charge is -2.48. The average molecular weight is 315 g/mol. The van der Waals surface area contributed by atoms with Crippen molar-refractivity contribution < 1.29 is 0 Å². The van der Waals surface area contributed by atoms with E-state index in [4.69, 9.17) is 23.2 Å². The molecule has 0 aliphatic carbocycles. The summed E-state index contributed by atoms with van der Waals surface area (Å²) in [7, 11) is 0. The Labute approximate surface area is 132 Å². The molecule has 2 rings (SSSR count). The van der Waals surface area contributed by atoms with E-state index in [2.05, 4.69) is 37.9 Å². The molecular formula is C16H24Cl2N2. The molecule has 0 bridgehead atoms. The number of rotatable bonds is 3. The molecule has 1 aromatic rings. The second kappa shape index (κ2) is 6.13. The monoisotopic (exact) mass is 314 g/mol. The van der Waals surface area contributed by atoms with Gasteiger partial charge in [0.05, 0.1) is 0 Å². The van der Waals surface area contributed by atoms with Crippen LogP contribution in [0.25, 0.3) is 0 Å². The van der Waals surface area contributed by atoms with Crippen LogP contribution in [0.5, 0.6) is 0 Å². The molecule has 4 heteroatoms. The van der Waals surface area contributed by atoms with Crippen molar-refractivity contribution in [1.82, 2.24) is 5.32 Å². The van der Waals surface area contributed by atoms with Crippen LogP contribution in [0.2, 0.25) is 10.0 Å². The van der Waals surface area contributed by atoms with Gasteiger partial charge >= 0.3 is 0 Å². The topological polar surface area (TPSA) is 15.3 Å². The number of hydrogen-bond acceptors (Lipinski definition) is 2. The molecule has 1 aromatic carbocycles. The minimum Gasteiger partial charge on any atom is -0.365 e. The van der Waals surface area contributed by atoms with Crippen LogP contribution in [0.1, 0.15) is 34.1 Å². The van der Waals surface area contributed by atoms with Gasteiger partial charge in [-0.1, -0.05) is 44.0 Å². The van der Waals surface area contributed by atoms with Crippen LogP contribution in [0.15, 0.2) is 18.2 Å². The van der Waals surface area contributed by atoms with Crippen LogP contribution in [-0.4, -0.2) is 24.7 Å². The van der Waals surface area contributed by atoms with Gasteiger partial charge in [-0.3, -0.25) is 0 Å². The van der Waals surface area contributed by atoms with Crippen molar-refractivity contribution in [2.45, 2.75) is 45.7 Å². The molecule has 0 aromatic heterocycles. The summed E-state index contributed by atoms with van der Waals surface area (Å²) in [4.78, 5) is 2.46. The standard InChI is InChI=1S/C16H24Cl2N2/c1-5-16(4)10-20(15(9-19-16)11(2)3)14-7-12(17)6-13(18)8-14/h6-8,11,15,19H,5,9-10H2,1-4H3. The van der Waals surface area contributed by atoms with Crippen molar-refractivity contribution >= 4 is 28.9 Å². The van der Waals surface area contributed by atoms with Gasteiger partial charge in [0.2, 0.25) is 0 Å². The maximum absolute atomic E-state index is 6.17. The Morgan fingerprint density at radius 3 is 2.40 bits per heavy atom. The summed E-state index contributed by atoms with van der Waals surface area (Å²) in [6, 6.07) is 6.29. The molecule has 112 valence electrons. The molecule has 1 fully saturated rings. The highest BCUT2D eigenvalue weighted by atomic mass is 35.5. The summed E-state index contributed by atoms with van der Waals surface area (Å²) in [6.45, 7) is 11.0. The second-order valence-electron chi connectivity index (χ2n) is 6.36. The Morgan fingerprint density at radius 1 is 1.30 bits per heavy atom. The largest absolute Gasteiger partial charge is 0.365 e. The van der Waals surface area contributed by atoms with Gasteiger partial charge in [-0.2, -0.15) is 0 Å². The molecule has 0 saturated carbocycles. The quantitative estimate of drug-likeness (QED) is 0.877. The number of halogens is 2. The Kier molecular flexibility index (Phi) is 4.88. The molecule has 1 N–H and O–H groups in total. The van der Waals surface area contributed by atoms with E-state index < -0.39 is 0 Å². The third kappa shape index (κ3) is 3.41. The molecule has 1 aliphatic rings. The molecule has 0 spiro atoms.